The third-order valence-electron chi connectivity index (χ3n) is 4.34. The lowest BCUT2D eigenvalue weighted by molar-refractivity contribution is -0.129. The van der Waals surface area contributed by atoms with Crippen LogP contribution in [0.2, 0.25) is 0 Å². The molecule has 1 heterocycles. The van der Waals surface area contributed by atoms with E-state index in [4.69, 9.17) is 9.47 Å². The number of ether oxygens (including phenoxy) is 2. The van der Waals surface area contributed by atoms with Gasteiger partial charge in [-0.05, 0) is 31.2 Å². The van der Waals surface area contributed by atoms with Crippen LogP contribution in [-0.4, -0.2) is 44.2 Å². The van der Waals surface area contributed by atoms with E-state index < -0.39 is 0 Å². The number of hydrogen-bond donors (Lipinski definition) is 1. The molecule has 1 aliphatic rings. The molecule has 27 heavy (non-hydrogen) atoms. The first-order valence-electron chi connectivity index (χ1n) is 9.05. The van der Waals surface area contributed by atoms with Gasteiger partial charge < -0.3 is 19.7 Å². The number of aryl methyl sites for hydroxylation is 1. The number of carbonyl (C=O) groups is 2. The average molecular weight is 368 g/mol. The zero-order valence-electron chi connectivity index (χ0n) is 15.4. The summed E-state index contributed by atoms with van der Waals surface area (Å²) in [6.45, 7) is 3.12. The molecule has 1 unspecified atom stereocenters. The lowest BCUT2D eigenvalue weighted by Gasteiger charge is -2.33. The van der Waals surface area contributed by atoms with Gasteiger partial charge in [0.2, 0.25) is 5.91 Å². The van der Waals surface area contributed by atoms with Crippen LogP contribution >= 0.6 is 0 Å². The number of morpholine rings is 1. The number of anilines is 1. The van der Waals surface area contributed by atoms with Crippen LogP contribution in [0.4, 0.5) is 5.69 Å². The molecule has 142 valence electrons. The highest BCUT2D eigenvalue weighted by Crippen LogP contribution is 2.19. The fourth-order valence-corrected chi connectivity index (χ4v) is 2.82. The Kier molecular flexibility index (Phi) is 6.44. The summed E-state index contributed by atoms with van der Waals surface area (Å²) in [7, 11) is 0. The van der Waals surface area contributed by atoms with Crippen molar-refractivity contribution in [1.29, 1.82) is 0 Å². The van der Waals surface area contributed by atoms with E-state index in [0.717, 1.165) is 17.0 Å². The summed E-state index contributed by atoms with van der Waals surface area (Å²) in [6.07, 6.45) is 0.0328. The van der Waals surface area contributed by atoms with E-state index in [0.29, 0.717) is 19.7 Å². The van der Waals surface area contributed by atoms with E-state index in [1.165, 1.54) is 0 Å². The minimum atomic E-state index is -0.233. The molecule has 1 N–H and O–H groups in total. The van der Waals surface area contributed by atoms with E-state index in [1.54, 1.807) is 4.90 Å². The normalized spacial score (nSPS) is 16.9. The smallest absolute Gasteiger partial charge is 0.253 e. The molecule has 1 fully saturated rings. The van der Waals surface area contributed by atoms with E-state index in [2.05, 4.69) is 5.32 Å². The average Bonchev–Trinajstić information content (AvgIpc) is 2.69. The molecule has 0 aliphatic carbocycles. The number of benzene rings is 2. The number of carbonyl (C=O) groups excluding carboxylic acids is 2. The third kappa shape index (κ3) is 5.56. The van der Waals surface area contributed by atoms with Crippen LogP contribution in [0, 0.1) is 6.92 Å². The molecule has 1 saturated heterocycles. The number of nitrogens with one attached hydrogen (secondary N) is 1. The Bertz CT molecular complexity index is 762. The molecular formula is C21H24N2O4. The van der Waals surface area contributed by atoms with Crippen molar-refractivity contribution in [3.8, 4) is 5.75 Å². The van der Waals surface area contributed by atoms with Gasteiger partial charge in [0.15, 0.2) is 0 Å². The van der Waals surface area contributed by atoms with Gasteiger partial charge in [0.25, 0.3) is 5.91 Å². The van der Waals surface area contributed by atoms with Crippen LogP contribution in [0.15, 0.2) is 54.6 Å². The maximum atomic E-state index is 12.1. The Morgan fingerprint density at radius 2 is 1.93 bits per heavy atom. The van der Waals surface area contributed by atoms with Crippen molar-refractivity contribution < 1.29 is 19.1 Å². The predicted molar refractivity (Wildman–Crippen MR) is 103 cm³/mol. The van der Waals surface area contributed by atoms with Gasteiger partial charge in [0, 0.05) is 12.2 Å². The van der Waals surface area contributed by atoms with Gasteiger partial charge in [-0.15, -0.1) is 0 Å². The minimum absolute atomic E-state index is 0.0194. The standard InChI is InChI=1S/C21H24N2O4/c1-16-7-9-17(10-8-16)23-14-19(27-15-21(23)25)13-22-20(24)11-12-26-18-5-3-2-4-6-18/h2-10,19H,11-15H2,1H3,(H,22,24). The summed E-state index contributed by atoms with van der Waals surface area (Å²) in [5.41, 5.74) is 1.99. The second-order valence-electron chi connectivity index (χ2n) is 6.49. The van der Waals surface area contributed by atoms with Crippen LogP contribution < -0.4 is 15.0 Å². The molecule has 2 aromatic carbocycles. The fourth-order valence-electron chi connectivity index (χ4n) is 2.82. The maximum absolute atomic E-state index is 12.1. The van der Waals surface area contributed by atoms with Gasteiger partial charge in [-0.1, -0.05) is 35.9 Å². The van der Waals surface area contributed by atoms with Crippen molar-refractivity contribution in [1.82, 2.24) is 5.32 Å². The summed E-state index contributed by atoms with van der Waals surface area (Å²) in [5.74, 6) is 0.569. The third-order valence-corrected chi connectivity index (χ3v) is 4.34. The Morgan fingerprint density at radius 3 is 2.67 bits per heavy atom. The summed E-state index contributed by atoms with van der Waals surface area (Å²) < 4.78 is 11.1. The molecule has 2 amide bonds. The SMILES string of the molecule is Cc1ccc(N2CC(CNC(=O)CCOc3ccccc3)OCC2=O)cc1. The topological polar surface area (TPSA) is 67.9 Å². The number of amides is 2. The van der Waals surface area contributed by atoms with E-state index in [1.807, 2.05) is 61.5 Å². The van der Waals surface area contributed by atoms with E-state index in [9.17, 15) is 9.59 Å². The van der Waals surface area contributed by atoms with E-state index >= 15 is 0 Å². The molecule has 0 aromatic heterocycles. The second kappa shape index (κ2) is 9.19. The largest absolute Gasteiger partial charge is 0.493 e. The number of nitrogens with zero attached hydrogens (tertiary/aromatic N) is 1. The Hall–Kier alpha value is -2.86. The molecule has 3 rings (SSSR count). The highest BCUT2D eigenvalue weighted by molar-refractivity contribution is 5.95. The lowest BCUT2D eigenvalue weighted by Crippen LogP contribution is -2.50. The van der Waals surface area contributed by atoms with Crippen LogP contribution in [0.5, 0.6) is 5.75 Å². The van der Waals surface area contributed by atoms with Gasteiger partial charge in [-0.3, -0.25) is 9.59 Å². The molecule has 6 heteroatoms. The van der Waals surface area contributed by atoms with Crippen molar-refractivity contribution in [3.05, 3.63) is 60.2 Å². The van der Waals surface area contributed by atoms with Crippen molar-refractivity contribution in [2.45, 2.75) is 19.4 Å². The highest BCUT2D eigenvalue weighted by atomic mass is 16.5. The minimum Gasteiger partial charge on any atom is -0.493 e. The lowest BCUT2D eigenvalue weighted by atomic mass is 10.2. The highest BCUT2D eigenvalue weighted by Gasteiger charge is 2.27. The first kappa shape index (κ1) is 18.9. The molecule has 0 spiro atoms. The Balaban J connectivity index is 1.43. The van der Waals surface area contributed by atoms with Crippen molar-refractivity contribution in [2.75, 3.05) is 31.2 Å². The van der Waals surface area contributed by atoms with Crippen molar-refractivity contribution in [3.63, 3.8) is 0 Å². The molecular weight excluding hydrogens is 344 g/mol. The Morgan fingerprint density at radius 1 is 1.19 bits per heavy atom. The van der Waals surface area contributed by atoms with Crippen molar-refractivity contribution >= 4 is 17.5 Å². The van der Waals surface area contributed by atoms with Crippen LogP contribution in [0.3, 0.4) is 0 Å². The molecule has 2 aromatic rings. The van der Waals surface area contributed by atoms with Crippen LogP contribution in [-0.2, 0) is 14.3 Å². The summed E-state index contributed by atoms with van der Waals surface area (Å²) >= 11 is 0. The molecule has 0 radical (unpaired) electrons. The first-order chi connectivity index (χ1) is 13.1. The second-order valence-corrected chi connectivity index (χ2v) is 6.49. The quantitative estimate of drug-likeness (QED) is 0.814. The maximum Gasteiger partial charge on any atom is 0.253 e. The predicted octanol–water partition coefficient (Wildman–Crippen LogP) is 2.31. The first-order valence-corrected chi connectivity index (χ1v) is 9.05. The monoisotopic (exact) mass is 368 g/mol. The summed E-state index contributed by atoms with van der Waals surface area (Å²) in [6, 6.07) is 17.2. The number of para-hydroxylation sites is 1. The fraction of sp³-hybridized carbons (Fsp3) is 0.333. The number of rotatable bonds is 7. The Labute approximate surface area is 159 Å². The molecule has 1 aliphatic heterocycles. The zero-order chi connectivity index (χ0) is 19.1. The van der Waals surface area contributed by atoms with Gasteiger partial charge in [0.1, 0.15) is 12.4 Å². The van der Waals surface area contributed by atoms with Gasteiger partial charge in [-0.2, -0.15) is 0 Å². The van der Waals surface area contributed by atoms with E-state index in [-0.39, 0.29) is 30.9 Å². The molecule has 6 nitrogen and oxygen atoms in total. The molecule has 0 bridgehead atoms. The zero-order valence-corrected chi connectivity index (χ0v) is 15.4. The number of hydrogen-bond acceptors (Lipinski definition) is 4. The van der Waals surface area contributed by atoms with Crippen LogP contribution in [0.1, 0.15) is 12.0 Å². The molecule has 0 saturated carbocycles. The van der Waals surface area contributed by atoms with Crippen LogP contribution in [0.25, 0.3) is 0 Å². The van der Waals surface area contributed by atoms with Crippen molar-refractivity contribution in [2.24, 2.45) is 0 Å². The summed E-state index contributed by atoms with van der Waals surface area (Å²) in [4.78, 5) is 25.8. The molecule has 1 atom stereocenters. The van der Waals surface area contributed by atoms with Gasteiger partial charge >= 0.3 is 0 Å². The van der Waals surface area contributed by atoms with Gasteiger partial charge in [-0.25, -0.2) is 0 Å². The van der Waals surface area contributed by atoms with Gasteiger partial charge in [0.05, 0.1) is 25.7 Å². The summed E-state index contributed by atoms with van der Waals surface area (Å²) in [5, 5.41) is 2.85.